The monoisotopic (exact) mass is 552 g/mol. The maximum absolute atomic E-state index is 13.3. The van der Waals surface area contributed by atoms with Crippen LogP contribution in [0.1, 0.15) is 70.6 Å². The molecule has 2 unspecified atom stereocenters. The van der Waals surface area contributed by atoms with Crippen LogP contribution in [0.4, 0.5) is 0 Å². The van der Waals surface area contributed by atoms with Crippen molar-refractivity contribution in [3.8, 4) is 0 Å². The van der Waals surface area contributed by atoms with Gasteiger partial charge >= 0.3 is 0 Å². The molecule has 0 aromatic heterocycles. The zero-order valence-corrected chi connectivity index (χ0v) is 23.1. The predicted molar refractivity (Wildman–Crippen MR) is 151 cm³/mol. The van der Waals surface area contributed by atoms with Gasteiger partial charge in [0.05, 0.1) is 5.92 Å². The average Bonchev–Trinajstić information content (AvgIpc) is 2.87. The molecule has 1 fully saturated rings. The van der Waals surface area contributed by atoms with Crippen LogP contribution in [0.5, 0.6) is 0 Å². The summed E-state index contributed by atoms with van der Waals surface area (Å²) in [6.45, 7) is 1.31. The number of aliphatic imine (C=N–C) groups is 2. The second-order valence-electron chi connectivity index (χ2n) is 9.89. The summed E-state index contributed by atoms with van der Waals surface area (Å²) in [6, 6.07) is -1.08. The van der Waals surface area contributed by atoms with Gasteiger partial charge in [-0.15, -0.1) is 0 Å². The van der Waals surface area contributed by atoms with E-state index in [0.717, 1.165) is 25.5 Å². The molecule has 1 aliphatic rings. The number of nitrogens with zero attached hydrogens (tertiary/aromatic N) is 2. The van der Waals surface area contributed by atoms with Gasteiger partial charge in [0.2, 0.25) is 17.7 Å². The van der Waals surface area contributed by atoms with Crippen molar-refractivity contribution in [2.24, 2.45) is 38.8 Å². The van der Waals surface area contributed by atoms with Crippen molar-refractivity contribution in [1.29, 1.82) is 0 Å². The number of nitrogens with two attached hydrogens (primary N) is 4. The Morgan fingerprint density at radius 3 is 2.10 bits per heavy atom. The van der Waals surface area contributed by atoms with Crippen LogP contribution in [-0.4, -0.2) is 80.7 Å². The first kappa shape index (κ1) is 33.6. The summed E-state index contributed by atoms with van der Waals surface area (Å²) in [5.41, 5.74) is 21.5. The molecule has 14 heteroatoms. The number of carbonyl (C=O) groups excluding carboxylic acids is 4. The van der Waals surface area contributed by atoms with Crippen LogP contribution < -0.4 is 44.2 Å². The van der Waals surface area contributed by atoms with E-state index in [-0.39, 0.29) is 60.5 Å². The van der Waals surface area contributed by atoms with Crippen LogP contribution in [0.3, 0.4) is 0 Å². The summed E-state index contributed by atoms with van der Waals surface area (Å²) in [5.74, 6) is -0.971. The third kappa shape index (κ3) is 15.6. The molecule has 0 bridgehead atoms. The molecule has 0 radical (unpaired) electrons. The zero-order chi connectivity index (χ0) is 29.0. The van der Waals surface area contributed by atoms with Crippen LogP contribution in [0.15, 0.2) is 9.98 Å². The van der Waals surface area contributed by atoms with Gasteiger partial charge in [-0.25, -0.2) is 0 Å². The lowest BCUT2D eigenvalue weighted by Crippen LogP contribution is -2.51. The van der Waals surface area contributed by atoms with Gasteiger partial charge < -0.3 is 49.0 Å². The Bertz CT molecular complexity index is 828. The number of guanidine groups is 2. The first-order valence-electron chi connectivity index (χ1n) is 13.7. The SMILES string of the molecule is CNCCC(=O)NC1CCCCC1C(=O)N[C@@H](CCCN=C(N)N)CC(=O)N[C@H](CC=O)CCCN=C(N)N. The molecule has 222 valence electrons. The largest absolute Gasteiger partial charge is 0.370 e. The highest BCUT2D eigenvalue weighted by atomic mass is 16.2. The second kappa shape index (κ2) is 19.6. The number of aldehydes is 1. The van der Waals surface area contributed by atoms with E-state index in [1.54, 1.807) is 7.05 Å². The van der Waals surface area contributed by atoms with E-state index in [9.17, 15) is 19.2 Å². The molecule has 3 amide bonds. The topological polar surface area (TPSA) is 245 Å². The van der Waals surface area contributed by atoms with Gasteiger partial charge in [-0.3, -0.25) is 24.4 Å². The minimum Gasteiger partial charge on any atom is -0.370 e. The van der Waals surface area contributed by atoms with E-state index in [2.05, 4.69) is 31.3 Å². The fourth-order valence-electron chi connectivity index (χ4n) is 4.64. The smallest absolute Gasteiger partial charge is 0.225 e. The molecule has 12 N–H and O–H groups in total. The summed E-state index contributed by atoms with van der Waals surface area (Å²) in [5, 5.41) is 11.9. The molecule has 39 heavy (non-hydrogen) atoms. The van der Waals surface area contributed by atoms with Crippen molar-refractivity contribution in [2.75, 3.05) is 26.7 Å². The normalized spacial score (nSPS) is 18.2. The van der Waals surface area contributed by atoms with Crippen molar-refractivity contribution >= 4 is 35.9 Å². The lowest BCUT2D eigenvalue weighted by molar-refractivity contribution is -0.129. The molecule has 0 aromatic rings. The Morgan fingerprint density at radius 1 is 0.897 bits per heavy atom. The Morgan fingerprint density at radius 2 is 1.51 bits per heavy atom. The van der Waals surface area contributed by atoms with E-state index in [1.807, 2.05) is 0 Å². The number of hydrogen-bond donors (Lipinski definition) is 8. The Balaban J connectivity index is 2.82. The van der Waals surface area contributed by atoms with E-state index >= 15 is 0 Å². The van der Waals surface area contributed by atoms with Gasteiger partial charge in [0.15, 0.2) is 11.9 Å². The molecule has 1 saturated carbocycles. The molecular weight excluding hydrogens is 504 g/mol. The van der Waals surface area contributed by atoms with E-state index in [0.29, 0.717) is 58.2 Å². The van der Waals surface area contributed by atoms with Gasteiger partial charge in [0.25, 0.3) is 0 Å². The molecule has 0 spiro atoms. The molecular formula is C25H48N10O4. The van der Waals surface area contributed by atoms with Crippen molar-refractivity contribution in [3.63, 3.8) is 0 Å². The highest BCUT2D eigenvalue weighted by Crippen LogP contribution is 2.25. The van der Waals surface area contributed by atoms with Crippen LogP contribution in [0, 0.1) is 5.92 Å². The molecule has 1 aliphatic carbocycles. The number of hydrogen-bond acceptors (Lipinski definition) is 7. The first-order valence-corrected chi connectivity index (χ1v) is 13.7. The zero-order valence-electron chi connectivity index (χ0n) is 23.1. The van der Waals surface area contributed by atoms with E-state index < -0.39 is 6.04 Å². The molecule has 0 aromatic carbocycles. The van der Waals surface area contributed by atoms with E-state index in [1.165, 1.54) is 0 Å². The lowest BCUT2D eigenvalue weighted by atomic mass is 9.83. The van der Waals surface area contributed by atoms with Crippen LogP contribution in [-0.2, 0) is 19.2 Å². The number of nitrogens with one attached hydrogen (secondary N) is 4. The molecule has 0 heterocycles. The Labute approximate surface area is 230 Å². The van der Waals surface area contributed by atoms with E-state index in [4.69, 9.17) is 22.9 Å². The maximum atomic E-state index is 13.3. The summed E-state index contributed by atoms with van der Waals surface area (Å²) in [4.78, 5) is 57.6. The van der Waals surface area contributed by atoms with Crippen molar-refractivity contribution in [2.45, 2.75) is 88.8 Å². The minimum absolute atomic E-state index is 0.0111. The summed E-state index contributed by atoms with van der Waals surface area (Å²) >= 11 is 0. The van der Waals surface area contributed by atoms with Crippen molar-refractivity contribution in [3.05, 3.63) is 0 Å². The molecule has 1 rings (SSSR count). The minimum atomic E-state index is -0.465. The summed E-state index contributed by atoms with van der Waals surface area (Å²) < 4.78 is 0. The second-order valence-corrected chi connectivity index (χ2v) is 9.89. The van der Waals surface area contributed by atoms with Crippen LogP contribution >= 0.6 is 0 Å². The quantitative estimate of drug-likeness (QED) is 0.0394. The molecule has 14 nitrogen and oxygen atoms in total. The standard InChI is InChI=1S/C25H48N10O4/c1-30-14-10-21(37)35-20-9-3-2-8-19(20)23(39)34-18(7-5-13-32-25(28)29)16-22(38)33-17(11-15-36)6-4-12-31-24(26)27/h15,17-20,30H,2-14,16H2,1H3,(H,33,38)(H,34,39)(H,35,37)(H4,26,27,31)(H4,28,29,32)/t17-,18-,19?,20?/m0/s1. The van der Waals surface area contributed by atoms with Gasteiger partial charge in [0, 0.05) is 57.0 Å². The Kier molecular flexibility index (Phi) is 16.9. The molecule has 0 aliphatic heterocycles. The van der Waals surface area contributed by atoms with Gasteiger partial charge in [-0.1, -0.05) is 12.8 Å². The highest BCUT2D eigenvalue weighted by molar-refractivity contribution is 5.83. The number of rotatable bonds is 19. The van der Waals surface area contributed by atoms with Crippen LogP contribution in [0.25, 0.3) is 0 Å². The fraction of sp³-hybridized carbons (Fsp3) is 0.760. The van der Waals surface area contributed by atoms with Gasteiger partial charge in [0.1, 0.15) is 6.29 Å². The summed E-state index contributed by atoms with van der Waals surface area (Å²) in [7, 11) is 1.78. The van der Waals surface area contributed by atoms with Crippen molar-refractivity contribution < 1.29 is 19.2 Å². The third-order valence-corrected chi connectivity index (χ3v) is 6.59. The molecule has 0 saturated heterocycles. The average molecular weight is 553 g/mol. The van der Waals surface area contributed by atoms with Gasteiger partial charge in [-0.05, 0) is 45.6 Å². The lowest BCUT2D eigenvalue weighted by Gasteiger charge is -2.32. The number of amides is 3. The highest BCUT2D eigenvalue weighted by Gasteiger charge is 2.33. The van der Waals surface area contributed by atoms with Gasteiger partial charge in [-0.2, -0.15) is 0 Å². The van der Waals surface area contributed by atoms with Crippen molar-refractivity contribution in [1.82, 2.24) is 21.3 Å². The third-order valence-electron chi connectivity index (χ3n) is 6.59. The maximum Gasteiger partial charge on any atom is 0.225 e. The Hall–Kier alpha value is -3.42. The number of carbonyl (C=O) groups is 4. The predicted octanol–water partition coefficient (Wildman–Crippen LogP) is -1.67. The fourth-order valence-corrected chi connectivity index (χ4v) is 4.64. The first-order chi connectivity index (χ1) is 18.7. The van der Waals surface area contributed by atoms with Crippen LogP contribution in [0.2, 0.25) is 0 Å². The molecule has 4 atom stereocenters. The summed E-state index contributed by atoms with van der Waals surface area (Å²) in [6.07, 6.45) is 6.66.